The third kappa shape index (κ3) is 11.3. The van der Waals surface area contributed by atoms with E-state index in [1.54, 1.807) is 31.0 Å². The van der Waals surface area contributed by atoms with Gasteiger partial charge in [-0.15, -0.1) is 0 Å². The number of anilines is 2. The van der Waals surface area contributed by atoms with Crippen LogP contribution in [-0.2, 0) is 10.9 Å². The van der Waals surface area contributed by atoms with Crippen molar-refractivity contribution in [3.8, 4) is 5.75 Å². The van der Waals surface area contributed by atoms with Crippen molar-refractivity contribution in [1.82, 2.24) is 15.1 Å². The van der Waals surface area contributed by atoms with Gasteiger partial charge < -0.3 is 40.3 Å². The van der Waals surface area contributed by atoms with E-state index in [1.807, 2.05) is 27.7 Å². The molecule has 4 N–H and O–H groups in total. The highest BCUT2D eigenvalue weighted by Gasteiger charge is 2.32. The van der Waals surface area contributed by atoms with Gasteiger partial charge >= 0.3 is 18.2 Å². The molecule has 1 aliphatic rings. The summed E-state index contributed by atoms with van der Waals surface area (Å²) in [6.07, 6.45) is -2.93. The molecule has 11 nitrogen and oxygen atoms in total. The number of urea groups is 2. The van der Waals surface area contributed by atoms with E-state index >= 15 is 0 Å². The van der Waals surface area contributed by atoms with Crippen molar-refractivity contribution in [1.29, 1.82) is 0 Å². The zero-order chi connectivity index (χ0) is 35.6. The average molecular weight is 680 g/mol. The third-order valence-electron chi connectivity index (χ3n) is 7.99. The minimum absolute atomic E-state index is 0.0413. The second-order valence-electron chi connectivity index (χ2n) is 12.6. The summed E-state index contributed by atoms with van der Waals surface area (Å²) < 4.78 is 51.3. The number of ether oxygens (including phenoxy) is 2. The number of alkyl halides is 3. The van der Waals surface area contributed by atoms with Crippen molar-refractivity contribution in [2.45, 2.75) is 84.3 Å². The van der Waals surface area contributed by atoms with Gasteiger partial charge in [-0.05, 0) is 89.4 Å². The average Bonchev–Trinajstić information content (AvgIpc) is 3.01. The van der Waals surface area contributed by atoms with Crippen molar-refractivity contribution in [2.75, 3.05) is 44.0 Å². The number of hydrogen-bond acceptors (Lipinski definition) is 6. The van der Waals surface area contributed by atoms with Crippen molar-refractivity contribution in [3.05, 3.63) is 53.6 Å². The minimum Gasteiger partial charge on any atom is -0.490 e. The molecule has 0 radical (unpaired) electrons. The second-order valence-corrected chi connectivity index (χ2v) is 12.6. The first-order valence-electron chi connectivity index (χ1n) is 16.2. The van der Waals surface area contributed by atoms with Crippen LogP contribution in [0.15, 0.2) is 42.5 Å². The summed E-state index contributed by atoms with van der Waals surface area (Å²) in [7, 11) is 1.69. The van der Waals surface area contributed by atoms with E-state index in [9.17, 15) is 32.7 Å². The summed E-state index contributed by atoms with van der Waals surface area (Å²) in [4.78, 5) is 42.8. The SMILES string of the molecule is CC(C)NC(=O)N(C)C[C@@H]1OCCCC[C@@H](C)Oc2ccc(NC(=O)Nc3ccc(C(F)(F)F)cc3)cc2C(=O)N([C@@H](C)CO)C[C@@H]1C. The van der Waals surface area contributed by atoms with Gasteiger partial charge in [-0.3, -0.25) is 4.79 Å². The number of likely N-dealkylation sites (N-methyl/N-ethyl adjacent to an activating group) is 1. The molecule has 0 fully saturated rings. The van der Waals surface area contributed by atoms with E-state index in [-0.39, 0.29) is 60.7 Å². The Balaban J connectivity index is 1.89. The summed E-state index contributed by atoms with van der Waals surface area (Å²) >= 11 is 0. The maximum absolute atomic E-state index is 14.3. The third-order valence-corrected chi connectivity index (χ3v) is 7.99. The Morgan fingerprint density at radius 2 is 1.69 bits per heavy atom. The Hall–Kier alpha value is -4.04. The fourth-order valence-corrected chi connectivity index (χ4v) is 5.21. The highest BCUT2D eigenvalue weighted by Crippen LogP contribution is 2.31. The molecule has 0 aromatic heterocycles. The van der Waals surface area contributed by atoms with Crippen LogP contribution in [0.25, 0.3) is 0 Å². The molecule has 266 valence electrons. The molecular formula is C34H48F3N5O6. The number of amides is 5. The lowest BCUT2D eigenvalue weighted by atomic mass is 10.0. The number of nitrogens with zero attached hydrogens (tertiary/aromatic N) is 2. The first-order chi connectivity index (χ1) is 22.6. The van der Waals surface area contributed by atoms with Gasteiger partial charge in [0.2, 0.25) is 0 Å². The van der Waals surface area contributed by atoms with E-state index in [0.29, 0.717) is 18.8 Å². The van der Waals surface area contributed by atoms with Gasteiger partial charge in [0, 0.05) is 50.1 Å². The number of nitrogens with one attached hydrogen (secondary N) is 3. The number of carbonyl (C=O) groups is 3. The maximum Gasteiger partial charge on any atom is 0.416 e. The number of aliphatic hydroxyl groups is 1. The smallest absolute Gasteiger partial charge is 0.416 e. The van der Waals surface area contributed by atoms with Gasteiger partial charge in [0.15, 0.2) is 0 Å². The zero-order valence-electron chi connectivity index (χ0n) is 28.4. The number of halogens is 3. The standard InChI is InChI=1S/C34H48F3N5O6/c1-21(2)38-33(46)41(6)19-30-22(3)18-42(23(4)20-43)31(44)28-17-27(14-15-29(28)48-24(5)9-7-8-16-47-30)40-32(45)39-26-12-10-25(11-13-26)34(35,36)37/h10-15,17,21-24,30,43H,7-9,16,18-20H2,1-6H3,(H,38,46)(H2,39,40,45)/t22-,23-,24+,30-/m0/s1. The van der Waals surface area contributed by atoms with E-state index in [0.717, 1.165) is 37.1 Å². The molecule has 2 aromatic rings. The number of carbonyl (C=O) groups excluding carboxylic acids is 3. The molecule has 0 aliphatic carbocycles. The molecule has 0 bridgehead atoms. The van der Waals surface area contributed by atoms with E-state index < -0.39 is 35.8 Å². The van der Waals surface area contributed by atoms with Gasteiger partial charge in [-0.2, -0.15) is 13.2 Å². The number of aliphatic hydroxyl groups excluding tert-OH is 1. The largest absolute Gasteiger partial charge is 0.490 e. The molecule has 1 heterocycles. The first kappa shape index (κ1) is 38.4. The second kappa shape index (κ2) is 17.4. The number of benzene rings is 2. The first-order valence-corrected chi connectivity index (χ1v) is 16.2. The van der Waals surface area contributed by atoms with Crippen LogP contribution in [0.2, 0.25) is 0 Å². The topological polar surface area (TPSA) is 132 Å². The zero-order valence-corrected chi connectivity index (χ0v) is 28.4. The molecule has 0 unspecified atom stereocenters. The van der Waals surface area contributed by atoms with E-state index in [4.69, 9.17) is 9.47 Å². The van der Waals surface area contributed by atoms with Crippen LogP contribution >= 0.6 is 0 Å². The highest BCUT2D eigenvalue weighted by molar-refractivity contribution is 6.02. The van der Waals surface area contributed by atoms with Crippen LogP contribution in [0.1, 0.15) is 69.8 Å². The predicted octanol–water partition coefficient (Wildman–Crippen LogP) is 6.19. The molecule has 0 spiro atoms. The normalized spacial score (nSPS) is 20.2. The molecule has 14 heteroatoms. The summed E-state index contributed by atoms with van der Waals surface area (Å²) in [5, 5.41) is 18.1. The minimum atomic E-state index is -4.50. The van der Waals surface area contributed by atoms with Gasteiger partial charge in [0.05, 0.1) is 36.0 Å². The monoisotopic (exact) mass is 679 g/mol. The maximum atomic E-state index is 14.3. The van der Waals surface area contributed by atoms with Crippen LogP contribution in [0.5, 0.6) is 5.75 Å². The molecule has 0 saturated carbocycles. The summed E-state index contributed by atoms with van der Waals surface area (Å²) in [5.74, 6) is -0.391. The van der Waals surface area contributed by atoms with Crippen molar-refractivity contribution >= 4 is 29.3 Å². The highest BCUT2D eigenvalue weighted by atomic mass is 19.4. The van der Waals surface area contributed by atoms with Gasteiger partial charge in [0.25, 0.3) is 5.91 Å². The van der Waals surface area contributed by atoms with Crippen LogP contribution in [-0.4, -0.2) is 90.5 Å². The molecule has 5 amide bonds. The number of rotatable bonds is 7. The number of hydrogen-bond donors (Lipinski definition) is 4. The van der Waals surface area contributed by atoms with Crippen LogP contribution < -0.4 is 20.7 Å². The predicted molar refractivity (Wildman–Crippen MR) is 177 cm³/mol. The van der Waals surface area contributed by atoms with E-state index in [2.05, 4.69) is 16.0 Å². The van der Waals surface area contributed by atoms with E-state index in [1.165, 1.54) is 11.0 Å². The molecular weight excluding hydrogens is 631 g/mol. The van der Waals surface area contributed by atoms with Crippen molar-refractivity contribution in [2.24, 2.45) is 5.92 Å². The Morgan fingerprint density at radius 1 is 1.04 bits per heavy atom. The summed E-state index contributed by atoms with van der Waals surface area (Å²) in [6, 6.07) is 7.05. The van der Waals surface area contributed by atoms with Gasteiger partial charge in [0.1, 0.15) is 5.75 Å². The van der Waals surface area contributed by atoms with Gasteiger partial charge in [-0.25, -0.2) is 9.59 Å². The Kier molecular flexibility index (Phi) is 13.9. The quantitative estimate of drug-likeness (QED) is 0.276. The van der Waals surface area contributed by atoms with Crippen LogP contribution in [0.4, 0.5) is 34.1 Å². The lowest BCUT2D eigenvalue weighted by Crippen LogP contribution is -2.49. The Morgan fingerprint density at radius 3 is 2.31 bits per heavy atom. The Bertz CT molecular complexity index is 1370. The number of fused-ring (bicyclic) bond motifs is 1. The molecule has 2 aromatic carbocycles. The molecule has 4 atom stereocenters. The lowest BCUT2D eigenvalue weighted by Gasteiger charge is -2.36. The lowest BCUT2D eigenvalue weighted by molar-refractivity contribution is -0.137. The summed E-state index contributed by atoms with van der Waals surface area (Å²) in [5.41, 5.74) is -0.296. The Labute approximate surface area is 280 Å². The summed E-state index contributed by atoms with van der Waals surface area (Å²) in [6.45, 7) is 9.91. The van der Waals surface area contributed by atoms with Gasteiger partial charge in [-0.1, -0.05) is 6.92 Å². The fourth-order valence-electron chi connectivity index (χ4n) is 5.21. The fraction of sp³-hybridized carbons (Fsp3) is 0.559. The molecule has 3 rings (SSSR count). The van der Waals surface area contributed by atoms with Crippen LogP contribution in [0.3, 0.4) is 0 Å². The molecule has 1 aliphatic heterocycles. The van der Waals surface area contributed by atoms with Crippen molar-refractivity contribution in [3.63, 3.8) is 0 Å². The van der Waals surface area contributed by atoms with Crippen molar-refractivity contribution < 1.29 is 42.1 Å². The molecule has 0 saturated heterocycles. The molecule has 48 heavy (non-hydrogen) atoms. The van der Waals surface area contributed by atoms with Crippen LogP contribution in [0, 0.1) is 5.92 Å².